The summed E-state index contributed by atoms with van der Waals surface area (Å²) in [5, 5.41) is 4.06. The SMILES string of the molecule is COc1c(C(=O)NC2CCN(C(C)=O)CC2)n(C)c2c1c(=O)n(CC(=O)c1ccccc1)c1ccccc21. The molecule has 1 N–H and O–H groups in total. The Morgan fingerprint density at radius 2 is 1.66 bits per heavy atom. The van der Waals surface area contributed by atoms with E-state index in [0.29, 0.717) is 42.5 Å². The van der Waals surface area contributed by atoms with Gasteiger partial charge in [0.2, 0.25) is 5.91 Å². The van der Waals surface area contributed by atoms with Crippen LogP contribution in [0.15, 0.2) is 59.4 Å². The van der Waals surface area contributed by atoms with Gasteiger partial charge in [-0.1, -0.05) is 48.5 Å². The lowest BCUT2D eigenvalue weighted by atomic mass is 10.0. The molecule has 3 heterocycles. The summed E-state index contributed by atoms with van der Waals surface area (Å²) in [5.74, 6) is -0.337. The minimum atomic E-state index is -0.399. The molecule has 0 spiro atoms. The number of nitrogens with zero attached hydrogens (tertiary/aromatic N) is 3. The first-order valence-corrected chi connectivity index (χ1v) is 12.6. The molecule has 9 nitrogen and oxygen atoms in total. The molecule has 0 saturated carbocycles. The fourth-order valence-corrected chi connectivity index (χ4v) is 5.39. The molecule has 1 fully saturated rings. The Morgan fingerprint density at radius 1 is 1.00 bits per heavy atom. The number of carbonyl (C=O) groups is 3. The fourth-order valence-electron chi connectivity index (χ4n) is 5.39. The van der Waals surface area contributed by atoms with Gasteiger partial charge >= 0.3 is 0 Å². The zero-order valence-electron chi connectivity index (χ0n) is 21.7. The summed E-state index contributed by atoms with van der Waals surface area (Å²) >= 11 is 0. The highest BCUT2D eigenvalue weighted by molar-refractivity contribution is 6.12. The van der Waals surface area contributed by atoms with E-state index in [4.69, 9.17) is 4.74 Å². The Hall–Kier alpha value is -4.40. The molecule has 0 radical (unpaired) electrons. The average molecular weight is 515 g/mol. The summed E-state index contributed by atoms with van der Waals surface area (Å²) in [4.78, 5) is 54.0. The summed E-state index contributed by atoms with van der Waals surface area (Å²) in [6.07, 6.45) is 1.30. The topological polar surface area (TPSA) is 103 Å². The lowest BCUT2D eigenvalue weighted by Crippen LogP contribution is -2.46. The number of methoxy groups -OCH3 is 1. The number of amides is 2. The van der Waals surface area contributed by atoms with Crippen molar-refractivity contribution in [3.8, 4) is 5.75 Å². The van der Waals surface area contributed by atoms with Crippen LogP contribution in [0, 0.1) is 0 Å². The van der Waals surface area contributed by atoms with E-state index >= 15 is 0 Å². The minimum absolute atomic E-state index is 0.0269. The highest BCUT2D eigenvalue weighted by Crippen LogP contribution is 2.35. The predicted molar refractivity (Wildman–Crippen MR) is 145 cm³/mol. The number of para-hydroxylation sites is 1. The number of fused-ring (bicyclic) bond motifs is 3. The molecule has 196 valence electrons. The van der Waals surface area contributed by atoms with E-state index in [2.05, 4.69) is 5.32 Å². The van der Waals surface area contributed by atoms with Gasteiger partial charge in [-0.3, -0.25) is 23.7 Å². The highest BCUT2D eigenvalue weighted by Gasteiger charge is 2.30. The van der Waals surface area contributed by atoms with Crippen molar-refractivity contribution in [1.82, 2.24) is 19.4 Å². The number of carbonyl (C=O) groups excluding carboxylic acids is 3. The van der Waals surface area contributed by atoms with Crippen LogP contribution in [0.5, 0.6) is 5.75 Å². The largest absolute Gasteiger partial charge is 0.493 e. The van der Waals surface area contributed by atoms with Crippen LogP contribution in [-0.4, -0.2) is 57.9 Å². The van der Waals surface area contributed by atoms with E-state index < -0.39 is 5.56 Å². The zero-order valence-corrected chi connectivity index (χ0v) is 21.7. The fraction of sp³-hybridized carbons (Fsp3) is 0.310. The van der Waals surface area contributed by atoms with Gasteiger partial charge in [-0.05, 0) is 18.9 Å². The first-order valence-electron chi connectivity index (χ1n) is 12.6. The molecule has 2 amide bonds. The van der Waals surface area contributed by atoms with Crippen LogP contribution < -0.4 is 15.6 Å². The molecule has 1 aliphatic rings. The van der Waals surface area contributed by atoms with Gasteiger partial charge in [-0.15, -0.1) is 0 Å². The summed E-state index contributed by atoms with van der Waals surface area (Å²) in [6, 6.07) is 16.1. The maximum Gasteiger partial charge on any atom is 0.272 e. The number of nitrogens with one attached hydrogen (secondary N) is 1. The molecule has 0 unspecified atom stereocenters. The van der Waals surface area contributed by atoms with Gasteiger partial charge in [-0.2, -0.15) is 0 Å². The van der Waals surface area contributed by atoms with Crippen LogP contribution in [-0.2, 0) is 18.4 Å². The molecule has 0 bridgehead atoms. The number of pyridine rings is 1. The summed E-state index contributed by atoms with van der Waals surface area (Å²) in [6.45, 7) is 2.56. The van der Waals surface area contributed by atoms with Gasteiger partial charge in [0.15, 0.2) is 17.2 Å². The van der Waals surface area contributed by atoms with Crippen LogP contribution >= 0.6 is 0 Å². The minimum Gasteiger partial charge on any atom is -0.493 e. The monoisotopic (exact) mass is 514 g/mol. The van der Waals surface area contributed by atoms with Gasteiger partial charge in [0, 0.05) is 44.1 Å². The molecule has 0 atom stereocenters. The number of likely N-dealkylation sites (tertiary alicyclic amines) is 1. The average Bonchev–Trinajstić information content (AvgIpc) is 3.24. The van der Waals surface area contributed by atoms with E-state index in [1.54, 1.807) is 53.8 Å². The molecule has 9 heteroatoms. The number of Topliss-reactive ketones (excluding diaryl/α,β-unsaturated/α-hetero) is 1. The number of hydrogen-bond donors (Lipinski definition) is 1. The van der Waals surface area contributed by atoms with E-state index in [1.165, 1.54) is 11.7 Å². The van der Waals surface area contributed by atoms with Crippen molar-refractivity contribution < 1.29 is 19.1 Å². The van der Waals surface area contributed by atoms with Crippen molar-refractivity contribution in [1.29, 1.82) is 0 Å². The molecule has 5 rings (SSSR count). The molecule has 2 aromatic carbocycles. The second kappa shape index (κ2) is 10.2. The Balaban J connectivity index is 1.59. The summed E-state index contributed by atoms with van der Waals surface area (Å²) in [7, 11) is 3.18. The van der Waals surface area contributed by atoms with Crippen molar-refractivity contribution in [3.63, 3.8) is 0 Å². The van der Waals surface area contributed by atoms with Gasteiger partial charge in [0.1, 0.15) is 5.39 Å². The molecule has 1 aliphatic heterocycles. The third-order valence-corrected chi connectivity index (χ3v) is 7.35. The van der Waals surface area contributed by atoms with Crippen LogP contribution in [0.4, 0.5) is 0 Å². The van der Waals surface area contributed by atoms with E-state index in [9.17, 15) is 19.2 Å². The van der Waals surface area contributed by atoms with Crippen molar-refractivity contribution >= 4 is 39.4 Å². The van der Waals surface area contributed by atoms with Gasteiger partial charge in [-0.25, -0.2) is 0 Å². The van der Waals surface area contributed by atoms with Crippen LogP contribution in [0.25, 0.3) is 21.8 Å². The Bertz CT molecular complexity index is 1610. The number of hydrogen-bond acceptors (Lipinski definition) is 5. The molecule has 2 aromatic heterocycles. The third kappa shape index (κ3) is 4.34. The lowest BCUT2D eigenvalue weighted by Gasteiger charge is -2.31. The summed E-state index contributed by atoms with van der Waals surface area (Å²) < 4.78 is 8.83. The zero-order chi connectivity index (χ0) is 27.0. The highest BCUT2D eigenvalue weighted by atomic mass is 16.5. The maximum atomic E-state index is 13.9. The van der Waals surface area contributed by atoms with Gasteiger partial charge < -0.3 is 19.5 Å². The Morgan fingerprint density at radius 3 is 2.32 bits per heavy atom. The molecule has 4 aromatic rings. The number of piperidine rings is 1. The van der Waals surface area contributed by atoms with Gasteiger partial charge in [0.05, 0.1) is 24.7 Å². The number of ketones is 1. The quantitative estimate of drug-likeness (QED) is 0.399. The van der Waals surface area contributed by atoms with Crippen molar-refractivity contribution in [2.24, 2.45) is 7.05 Å². The molecule has 1 saturated heterocycles. The smallest absolute Gasteiger partial charge is 0.272 e. The summed E-state index contributed by atoms with van der Waals surface area (Å²) in [5.41, 5.74) is 1.53. The molecule has 38 heavy (non-hydrogen) atoms. The first-order chi connectivity index (χ1) is 18.3. The molecular weight excluding hydrogens is 484 g/mol. The number of benzene rings is 2. The van der Waals surface area contributed by atoms with Crippen LogP contribution in [0.2, 0.25) is 0 Å². The van der Waals surface area contributed by atoms with Gasteiger partial charge in [0.25, 0.3) is 11.5 Å². The van der Waals surface area contributed by atoms with Crippen molar-refractivity contribution in [2.45, 2.75) is 32.4 Å². The third-order valence-electron chi connectivity index (χ3n) is 7.35. The van der Waals surface area contributed by atoms with Crippen LogP contribution in [0.1, 0.15) is 40.6 Å². The van der Waals surface area contributed by atoms with E-state index in [1.807, 2.05) is 24.3 Å². The number of aryl methyl sites for hydroxylation is 1. The van der Waals surface area contributed by atoms with E-state index in [-0.39, 0.29) is 47.0 Å². The lowest BCUT2D eigenvalue weighted by molar-refractivity contribution is -0.129. The number of rotatable bonds is 6. The number of ether oxygens (including phenoxy) is 1. The standard InChI is InChI=1S/C29H30N4O5/c1-18(34)32-15-13-20(14-16-32)30-28(36)26-27(38-3)24-25(31(26)2)21-11-7-8-12-22(21)33(29(24)37)17-23(35)19-9-5-4-6-10-19/h4-12,20H,13-17H2,1-3H3,(H,30,36). The van der Waals surface area contributed by atoms with Crippen molar-refractivity contribution in [3.05, 3.63) is 76.2 Å². The maximum absolute atomic E-state index is 13.9. The van der Waals surface area contributed by atoms with E-state index in [0.717, 1.165) is 5.39 Å². The number of aromatic nitrogens is 2. The van der Waals surface area contributed by atoms with Crippen molar-refractivity contribution in [2.75, 3.05) is 20.2 Å². The normalized spacial score (nSPS) is 14.1. The Kier molecular flexibility index (Phi) is 6.75. The first kappa shape index (κ1) is 25.3. The van der Waals surface area contributed by atoms with Crippen LogP contribution in [0.3, 0.4) is 0 Å². The molecular formula is C29H30N4O5. The predicted octanol–water partition coefficient (Wildman–Crippen LogP) is 3.13. The second-order valence-corrected chi connectivity index (χ2v) is 9.62. The Labute approximate surface area is 219 Å². The second-order valence-electron chi connectivity index (χ2n) is 9.62. The molecule has 0 aliphatic carbocycles.